The number of ether oxygens (including phenoxy) is 18. The summed E-state index contributed by atoms with van der Waals surface area (Å²) in [4.78, 5) is 15.9. The maximum absolute atomic E-state index is 15.9. The molecule has 46 unspecified atom stereocenters. The minimum absolute atomic E-state index is 0.0213. The Kier molecular flexibility index (Phi) is 31.2. The van der Waals surface area contributed by atoms with Crippen molar-refractivity contribution in [3.05, 3.63) is 12.2 Å². The minimum atomic E-state index is -2.43. The van der Waals surface area contributed by atoms with Crippen LogP contribution in [0.2, 0.25) is 0 Å². The summed E-state index contributed by atoms with van der Waals surface area (Å²) in [5, 5.41) is 331. The number of aliphatic hydroxyl groups is 30. The van der Waals surface area contributed by atoms with Gasteiger partial charge in [-0.2, -0.15) is 0 Å². The average molecular weight is 1790 g/mol. The summed E-state index contributed by atoms with van der Waals surface area (Å²) < 4.78 is 109. The summed E-state index contributed by atoms with van der Waals surface area (Å²) in [6, 6.07) is 0. The van der Waals surface area contributed by atoms with E-state index in [-0.39, 0.29) is 50.5 Å². The van der Waals surface area contributed by atoms with Crippen molar-refractivity contribution in [3.8, 4) is 0 Å². The Bertz CT molecular complexity index is 3430. The number of fused-ring (bicyclic) bond motifs is 3. The van der Waals surface area contributed by atoms with Crippen molar-refractivity contribution < 1.29 is 243 Å². The summed E-state index contributed by atoms with van der Waals surface area (Å²) in [5.41, 5.74) is -5.35. The van der Waals surface area contributed by atoms with Crippen LogP contribution in [0.25, 0.3) is 0 Å². The fraction of sp³-hybridized carbons (Fsp3) is 0.959. The first kappa shape index (κ1) is 97.8. The third kappa shape index (κ3) is 17.9. The van der Waals surface area contributed by atoms with Crippen molar-refractivity contribution in [2.24, 2.45) is 28.1 Å². The lowest BCUT2D eigenvalue weighted by atomic mass is 9.40. The molecule has 4 aliphatic carbocycles. The Hall–Kier alpha value is -2.67. The van der Waals surface area contributed by atoms with E-state index in [0.29, 0.717) is 6.42 Å². The molecule has 123 heavy (non-hydrogen) atoms. The van der Waals surface area contributed by atoms with E-state index in [9.17, 15) is 153 Å². The van der Waals surface area contributed by atoms with E-state index in [1.54, 1.807) is 6.92 Å². The summed E-state index contributed by atoms with van der Waals surface area (Å²) in [6.07, 6.45) is -92.6. The lowest BCUT2D eigenvalue weighted by Gasteiger charge is -2.64. The Morgan fingerprint density at radius 1 is 0.325 bits per heavy atom. The number of hydrogen-bond donors (Lipinski definition) is 30. The lowest BCUT2D eigenvalue weighted by Crippen LogP contribution is -2.68. The number of hydrogen-bond acceptors (Lipinski definition) is 49. The first-order chi connectivity index (χ1) is 58.2. The Labute approximate surface area is 700 Å². The van der Waals surface area contributed by atoms with Crippen LogP contribution in [0.3, 0.4) is 0 Å². The third-order valence-electron chi connectivity index (χ3n) is 27.8. The smallest absolute Gasteiger partial charge is 0.314 e. The van der Waals surface area contributed by atoms with Gasteiger partial charge in [0.2, 0.25) is 6.29 Å². The summed E-state index contributed by atoms with van der Waals surface area (Å²) in [7, 11) is 0. The van der Waals surface area contributed by atoms with Crippen molar-refractivity contribution in [1.82, 2.24) is 0 Å². The van der Waals surface area contributed by atoms with Gasteiger partial charge in [0.05, 0.1) is 76.6 Å². The second-order valence-corrected chi connectivity index (χ2v) is 34.9. The van der Waals surface area contributed by atoms with Gasteiger partial charge >= 0.3 is 5.97 Å². The monoisotopic (exact) mass is 1790 g/mol. The number of esters is 1. The van der Waals surface area contributed by atoms with Crippen molar-refractivity contribution in [2.45, 2.75) is 353 Å². The van der Waals surface area contributed by atoms with Gasteiger partial charge in [-0.05, 0) is 74.7 Å². The molecule has 9 saturated heterocycles. The van der Waals surface area contributed by atoms with Crippen LogP contribution in [0.4, 0.5) is 0 Å². The minimum Gasteiger partial charge on any atom is -0.432 e. The zero-order valence-electron chi connectivity index (χ0n) is 66.6. The molecule has 9 heterocycles. The number of aliphatic hydroxyl groups excluding tert-OH is 30. The van der Waals surface area contributed by atoms with E-state index in [1.807, 2.05) is 6.92 Å². The van der Waals surface area contributed by atoms with Gasteiger partial charge in [0.1, 0.15) is 214 Å². The first-order valence-electron chi connectivity index (χ1n) is 41.1. The molecule has 0 amide bonds. The normalized spacial score (nSPS) is 54.7. The van der Waals surface area contributed by atoms with Crippen molar-refractivity contribution in [2.75, 3.05) is 59.5 Å². The number of carbonyl (C=O) groups excluding carboxylic acids is 1. The standard InChI is InChI=1S/C74H120O49/c1-21-60(104)73-9-5-31-71(2,32(73)6-10-74(21,20-73)123-69-59(121-65-52(102)46(96)37(87)26(15-79)111-65)56(41(91)29(18-82)114-69)118-63-50(100)44(94)35(85)24(13-77)109-63)7-4-8-72(31,3)70(105)122-68-58(55(40(90)28(17-81)113-68)117-62-49(99)43(93)34(84)23(12-76)108-62)120-66-53(103)47(97)38(88)30(115-66)19-106-67-57(119-64-51(101)45(95)36(86)25(14-78)110-64)54(39(89)27(16-80)112-67)116-61-48(98)42(92)33(83)22(11-75)107-61/h22-69,75-104H,1,4-20H2,2-3H3/t22?,23?,24?,25?,26?,27?,28?,29?,30?,31-,32-,33?,34?,35?,36?,37?,38?,39?,40?,41?,42?,43?,44?,45?,46?,47?,48?,49?,50?,51?,52?,53?,54?,55?,56?,57?,58?,59?,60-,61?,62?,63?,64?,65?,66?,67?,68?,69?,71+,72+,73+,74?/m0/s1. The van der Waals surface area contributed by atoms with Crippen LogP contribution in [0.5, 0.6) is 0 Å². The number of rotatable bonds is 27. The van der Waals surface area contributed by atoms with Crippen molar-refractivity contribution in [1.29, 1.82) is 0 Å². The molecule has 0 aromatic heterocycles. The molecule has 49 nitrogen and oxygen atoms in total. The molecule has 4 saturated carbocycles. The molecule has 30 N–H and O–H groups in total. The van der Waals surface area contributed by atoms with Crippen molar-refractivity contribution in [3.63, 3.8) is 0 Å². The topological polar surface area (TPSA) is 790 Å². The molecule has 13 fully saturated rings. The average Bonchev–Trinajstić information content (AvgIpc) is 1.54. The molecule has 49 heteroatoms. The summed E-state index contributed by atoms with van der Waals surface area (Å²) in [5.74, 6) is -2.33. The van der Waals surface area contributed by atoms with Crippen LogP contribution in [0, 0.1) is 28.1 Å². The van der Waals surface area contributed by atoms with Crippen LogP contribution in [-0.2, 0) is 90.1 Å². The molecule has 0 radical (unpaired) electrons. The largest absolute Gasteiger partial charge is 0.432 e. The highest BCUT2D eigenvalue weighted by atomic mass is 16.8. The van der Waals surface area contributed by atoms with E-state index in [1.165, 1.54) is 0 Å². The number of carbonyl (C=O) groups is 1. The van der Waals surface area contributed by atoms with Crippen LogP contribution >= 0.6 is 0 Å². The van der Waals surface area contributed by atoms with E-state index in [0.717, 1.165) is 0 Å². The van der Waals surface area contributed by atoms with Crippen LogP contribution < -0.4 is 0 Å². The van der Waals surface area contributed by atoms with Gasteiger partial charge in [0, 0.05) is 5.41 Å². The van der Waals surface area contributed by atoms with Gasteiger partial charge in [-0.1, -0.05) is 19.9 Å². The summed E-state index contributed by atoms with van der Waals surface area (Å²) in [6.45, 7) is -1.36. The lowest BCUT2D eigenvalue weighted by molar-refractivity contribution is -0.400. The van der Waals surface area contributed by atoms with Gasteiger partial charge in [0.15, 0.2) is 56.4 Å². The Morgan fingerprint density at radius 2 is 0.610 bits per heavy atom. The zero-order valence-corrected chi connectivity index (χ0v) is 66.6. The predicted octanol–water partition coefficient (Wildman–Crippen LogP) is -17.0. The fourth-order valence-electron chi connectivity index (χ4n) is 20.8. The van der Waals surface area contributed by atoms with E-state index >= 15 is 4.79 Å². The van der Waals surface area contributed by atoms with Crippen LogP contribution in [0.15, 0.2) is 12.2 Å². The molecular formula is C74H120O49. The molecule has 13 aliphatic rings. The highest BCUT2D eigenvalue weighted by molar-refractivity contribution is 5.77. The zero-order chi connectivity index (χ0) is 89.6. The third-order valence-corrected chi connectivity index (χ3v) is 27.8. The molecule has 0 aromatic carbocycles. The van der Waals surface area contributed by atoms with Crippen molar-refractivity contribution >= 4 is 5.97 Å². The molecule has 13 rings (SSSR count). The molecule has 2 bridgehead atoms. The van der Waals surface area contributed by atoms with Crippen LogP contribution in [-0.4, -0.2) is 507 Å². The SMILES string of the molecule is C=C1[C@H](O)[C@@]23CC[C@H]4[C@@](C)(CCC[C@@]4(C)C(=O)OC4OC(CO)C(O)C(OC5OC(CO)C(O)C(O)C5O)C4OC4OC(COC5OC(CO)C(O)C(OC6OC(CO)C(O)C(O)C6O)C5OC5OC(CO)C(O)C(O)C5O)C(O)C(O)C4O)[C@@H]2CCC1(OC1OC(CO)C(O)C(OC2OC(CO)C(O)C(O)C2O)C1OC1OC(CO)C(O)C(O)C1O)C3. The second kappa shape index (κ2) is 39.2. The van der Waals surface area contributed by atoms with Gasteiger partial charge in [-0.3, -0.25) is 4.79 Å². The van der Waals surface area contributed by atoms with E-state index in [4.69, 9.17) is 85.3 Å². The summed E-state index contributed by atoms with van der Waals surface area (Å²) >= 11 is 0. The predicted molar refractivity (Wildman–Crippen MR) is 384 cm³/mol. The molecule has 52 atom stereocenters. The molecule has 0 aromatic rings. The first-order valence-corrected chi connectivity index (χ1v) is 41.1. The van der Waals surface area contributed by atoms with E-state index < -0.39 is 382 Å². The Balaban J connectivity index is 0.781. The van der Waals surface area contributed by atoms with E-state index in [2.05, 4.69) is 6.58 Å². The van der Waals surface area contributed by atoms with Gasteiger partial charge in [0.25, 0.3) is 0 Å². The highest BCUT2D eigenvalue weighted by Crippen LogP contribution is 2.74. The van der Waals surface area contributed by atoms with Gasteiger partial charge in [-0.15, -0.1) is 0 Å². The van der Waals surface area contributed by atoms with Crippen LogP contribution in [0.1, 0.15) is 65.2 Å². The second-order valence-electron chi connectivity index (χ2n) is 34.9. The van der Waals surface area contributed by atoms with Gasteiger partial charge in [-0.25, -0.2) is 0 Å². The van der Waals surface area contributed by atoms with Gasteiger partial charge < -0.3 is 238 Å². The fourth-order valence-corrected chi connectivity index (χ4v) is 20.8. The highest BCUT2D eigenvalue weighted by Gasteiger charge is 2.73. The maximum Gasteiger partial charge on any atom is 0.314 e. The quantitative estimate of drug-likeness (QED) is 0.0206. The Morgan fingerprint density at radius 3 is 0.967 bits per heavy atom. The molecule has 1 spiro atoms. The molecule has 9 aliphatic heterocycles. The molecular weight excluding hydrogens is 1670 g/mol. The molecule has 710 valence electrons. The maximum atomic E-state index is 15.9.